The average Bonchev–Trinajstić information content (AvgIpc) is 3.10. The summed E-state index contributed by atoms with van der Waals surface area (Å²) in [6.07, 6.45) is 2.89. The van der Waals surface area contributed by atoms with E-state index in [0.29, 0.717) is 12.5 Å². The number of nitrogens with one attached hydrogen (secondary N) is 1. The smallest absolute Gasteiger partial charge is 0.204 e. The van der Waals surface area contributed by atoms with Crippen molar-refractivity contribution in [2.24, 2.45) is 0 Å². The van der Waals surface area contributed by atoms with Gasteiger partial charge >= 0.3 is 0 Å². The third-order valence-corrected chi connectivity index (χ3v) is 3.22. The summed E-state index contributed by atoms with van der Waals surface area (Å²) in [5.41, 5.74) is 8.36. The molecular formula is C13H15N5. The number of nitriles is 1. The van der Waals surface area contributed by atoms with Gasteiger partial charge in [0.1, 0.15) is 0 Å². The normalized spacial score (nSPS) is 14.6. The summed E-state index contributed by atoms with van der Waals surface area (Å²) >= 11 is 0. The molecule has 18 heavy (non-hydrogen) atoms. The van der Waals surface area contributed by atoms with E-state index in [-0.39, 0.29) is 0 Å². The quantitative estimate of drug-likeness (QED) is 0.802. The topological polar surface area (TPSA) is 81.7 Å². The lowest BCUT2D eigenvalue weighted by Gasteiger charge is -2.19. The number of hydrogen-bond acceptors (Lipinski definition) is 4. The largest absolute Gasteiger partial charge is 0.399 e. The van der Waals surface area contributed by atoms with Crippen molar-refractivity contribution in [2.75, 3.05) is 17.2 Å². The Morgan fingerprint density at radius 2 is 2.33 bits per heavy atom. The van der Waals surface area contributed by atoms with Crippen LogP contribution >= 0.6 is 0 Å². The Morgan fingerprint density at radius 3 is 3.06 bits per heavy atom. The maximum atomic E-state index is 8.72. The van der Waals surface area contributed by atoms with Gasteiger partial charge in [0.2, 0.25) is 5.95 Å². The summed E-state index contributed by atoms with van der Waals surface area (Å²) in [4.78, 5) is 10.1. The molecule has 0 aliphatic heterocycles. The lowest BCUT2D eigenvalue weighted by molar-refractivity contribution is 0.769. The number of fused-ring (bicyclic) bond motifs is 1. The molecule has 0 amide bonds. The summed E-state index contributed by atoms with van der Waals surface area (Å²) in [6, 6.07) is 8.39. The van der Waals surface area contributed by atoms with Gasteiger partial charge in [-0.1, -0.05) is 0 Å². The van der Waals surface area contributed by atoms with Crippen molar-refractivity contribution >= 4 is 22.7 Å². The number of imidazole rings is 1. The van der Waals surface area contributed by atoms with Gasteiger partial charge in [-0.2, -0.15) is 5.26 Å². The number of aromatic amines is 1. The maximum Gasteiger partial charge on any atom is 0.204 e. The molecule has 1 aromatic heterocycles. The molecule has 3 N–H and O–H groups in total. The molecule has 0 spiro atoms. The zero-order valence-electron chi connectivity index (χ0n) is 10.1. The second kappa shape index (κ2) is 4.22. The number of nitrogens with zero attached hydrogens (tertiary/aromatic N) is 3. The van der Waals surface area contributed by atoms with E-state index >= 15 is 0 Å². The Morgan fingerprint density at radius 1 is 1.50 bits per heavy atom. The van der Waals surface area contributed by atoms with Crippen LogP contribution < -0.4 is 10.6 Å². The third kappa shape index (κ3) is 1.97. The van der Waals surface area contributed by atoms with Gasteiger partial charge in [0.15, 0.2) is 0 Å². The van der Waals surface area contributed by atoms with Gasteiger partial charge in [0.05, 0.1) is 23.5 Å². The molecule has 1 aliphatic rings. The molecule has 1 fully saturated rings. The lowest BCUT2D eigenvalue weighted by atomic mass is 10.3. The number of rotatable bonds is 4. The van der Waals surface area contributed by atoms with Crippen LogP contribution in [0.15, 0.2) is 18.2 Å². The first-order valence-electron chi connectivity index (χ1n) is 6.17. The van der Waals surface area contributed by atoms with Crippen molar-refractivity contribution in [2.45, 2.75) is 25.3 Å². The van der Waals surface area contributed by atoms with E-state index in [4.69, 9.17) is 11.0 Å². The summed E-state index contributed by atoms with van der Waals surface area (Å²) in [6.45, 7) is 0.733. The van der Waals surface area contributed by atoms with E-state index in [9.17, 15) is 0 Å². The van der Waals surface area contributed by atoms with Gasteiger partial charge in [0, 0.05) is 18.3 Å². The molecule has 1 aliphatic carbocycles. The molecule has 1 aromatic carbocycles. The molecule has 0 atom stereocenters. The van der Waals surface area contributed by atoms with E-state index in [1.807, 2.05) is 18.2 Å². The standard InChI is InChI=1S/C13H15N5/c14-6-1-7-18(10-3-4-10)13-16-11-5-2-9(15)8-12(11)17-13/h2,5,8,10H,1,3-4,7,15H2,(H,16,17). The number of benzene rings is 1. The fraction of sp³-hybridized carbons (Fsp3) is 0.385. The van der Waals surface area contributed by atoms with E-state index in [1.54, 1.807) is 0 Å². The van der Waals surface area contributed by atoms with E-state index in [1.165, 1.54) is 12.8 Å². The zero-order valence-corrected chi connectivity index (χ0v) is 10.1. The molecule has 3 rings (SSSR count). The molecule has 0 bridgehead atoms. The fourth-order valence-corrected chi connectivity index (χ4v) is 2.17. The molecule has 1 saturated carbocycles. The molecular weight excluding hydrogens is 226 g/mol. The summed E-state index contributed by atoms with van der Waals surface area (Å²) in [5.74, 6) is 0.855. The average molecular weight is 241 g/mol. The first-order chi connectivity index (χ1) is 8.78. The van der Waals surface area contributed by atoms with Crippen LogP contribution in [0.1, 0.15) is 19.3 Å². The number of aromatic nitrogens is 2. The lowest BCUT2D eigenvalue weighted by Crippen LogP contribution is -2.27. The van der Waals surface area contributed by atoms with Crippen LogP contribution in [0.4, 0.5) is 11.6 Å². The van der Waals surface area contributed by atoms with Gasteiger partial charge in [-0.25, -0.2) is 4.98 Å². The Kier molecular flexibility index (Phi) is 2.56. The van der Waals surface area contributed by atoms with E-state index < -0.39 is 0 Å². The first kappa shape index (κ1) is 10.9. The Labute approximate surface area is 105 Å². The van der Waals surface area contributed by atoms with Crippen LogP contribution in [-0.4, -0.2) is 22.6 Å². The maximum absolute atomic E-state index is 8.72. The minimum atomic E-state index is 0.523. The minimum absolute atomic E-state index is 0.523. The Balaban J connectivity index is 1.93. The summed E-state index contributed by atoms with van der Waals surface area (Å²) in [7, 11) is 0. The number of nitrogen functional groups attached to an aromatic ring is 1. The zero-order chi connectivity index (χ0) is 12.5. The number of H-pyrrole nitrogens is 1. The van der Waals surface area contributed by atoms with Crippen LogP contribution in [0.5, 0.6) is 0 Å². The molecule has 5 nitrogen and oxygen atoms in total. The molecule has 0 saturated heterocycles. The van der Waals surface area contributed by atoms with Crippen molar-refractivity contribution < 1.29 is 0 Å². The van der Waals surface area contributed by atoms with Crippen molar-refractivity contribution in [1.29, 1.82) is 5.26 Å². The second-order valence-electron chi connectivity index (χ2n) is 4.67. The monoisotopic (exact) mass is 241 g/mol. The van der Waals surface area contributed by atoms with Crippen molar-refractivity contribution in [3.05, 3.63) is 18.2 Å². The van der Waals surface area contributed by atoms with E-state index in [0.717, 1.165) is 29.2 Å². The number of hydrogen-bond donors (Lipinski definition) is 2. The van der Waals surface area contributed by atoms with Gasteiger partial charge in [-0.3, -0.25) is 0 Å². The van der Waals surface area contributed by atoms with Crippen LogP contribution in [-0.2, 0) is 0 Å². The van der Waals surface area contributed by atoms with Crippen molar-refractivity contribution in [1.82, 2.24) is 9.97 Å². The number of nitrogens with two attached hydrogens (primary N) is 1. The minimum Gasteiger partial charge on any atom is -0.399 e. The molecule has 1 heterocycles. The van der Waals surface area contributed by atoms with Crippen LogP contribution in [0.3, 0.4) is 0 Å². The van der Waals surface area contributed by atoms with Crippen LogP contribution in [0.2, 0.25) is 0 Å². The van der Waals surface area contributed by atoms with Gasteiger partial charge in [0.25, 0.3) is 0 Å². The van der Waals surface area contributed by atoms with E-state index in [2.05, 4.69) is 20.9 Å². The highest BCUT2D eigenvalue weighted by Gasteiger charge is 2.30. The SMILES string of the molecule is N#CCCN(c1nc2ccc(N)cc2[nH]1)C1CC1. The van der Waals surface area contributed by atoms with Crippen LogP contribution in [0, 0.1) is 11.3 Å². The molecule has 0 radical (unpaired) electrons. The van der Waals surface area contributed by atoms with Gasteiger partial charge in [-0.05, 0) is 31.0 Å². The Bertz CT molecular complexity index is 605. The highest BCUT2D eigenvalue weighted by Crippen LogP contribution is 2.31. The predicted octanol–water partition coefficient (Wildman–Crippen LogP) is 2.03. The molecule has 2 aromatic rings. The first-order valence-corrected chi connectivity index (χ1v) is 6.17. The summed E-state index contributed by atoms with van der Waals surface area (Å²) in [5, 5.41) is 8.72. The summed E-state index contributed by atoms with van der Waals surface area (Å²) < 4.78 is 0. The second-order valence-corrected chi connectivity index (χ2v) is 4.67. The highest BCUT2D eigenvalue weighted by molar-refractivity contribution is 5.81. The molecule has 92 valence electrons. The Hall–Kier alpha value is -2.22. The fourth-order valence-electron chi connectivity index (χ4n) is 2.17. The van der Waals surface area contributed by atoms with Gasteiger partial charge in [-0.15, -0.1) is 0 Å². The van der Waals surface area contributed by atoms with Crippen molar-refractivity contribution in [3.63, 3.8) is 0 Å². The van der Waals surface area contributed by atoms with Crippen molar-refractivity contribution in [3.8, 4) is 6.07 Å². The third-order valence-electron chi connectivity index (χ3n) is 3.22. The number of anilines is 2. The highest BCUT2D eigenvalue weighted by atomic mass is 15.3. The molecule has 0 unspecified atom stereocenters. The predicted molar refractivity (Wildman–Crippen MR) is 71.1 cm³/mol. The van der Waals surface area contributed by atoms with Crippen LogP contribution in [0.25, 0.3) is 11.0 Å². The van der Waals surface area contributed by atoms with Gasteiger partial charge < -0.3 is 15.6 Å². The molecule has 5 heteroatoms.